The van der Waals surface area contributed by atoms with Crippen LogP contribution in [-0.2, 0) is 6.42 Å². The van der Waals surface area contributed by atoms with E-state index in [2.05, 4.69) is 9.97 Å². The number of anilines is 1. The second-order valence-corrected chi connectivity index (χ2v) is 3.89. The van der Waals surface area contributed by atoms with Gasteiger partial charge in [0, 0.05) is 12.5 Å². The van der Waals surface area contributed by atoms with E-state index in [9.17, 15) is 4.79 Å². The van der Waals surface area contributed by atoms with Gasteiger partial charge in [-0.2, -0.15) is 4.98 Å². The van der Waals surface area contributed by atoms with Crippen molar-refractivity contribution in [3.63, 3.8) is 0 Å². The van der Waals surface area contributed by atoms with Gasteiger partial charge in [0.05, 0.1) is 18.9 Å². The van der Waals surface area contributed by atoms with Crippen LogP contribution >= 0.6 is 0 Å². The Morgan fingerprint density at radius 2 is 2.16 bits per heavy atom. The van der Waals surface area contributed by atoms with Gasteiger partial charge in [-0.15, -0.1) is 0 Å². The Kier molecular flexibility index (Phi) is 3.70. The number of H-pyrrole nitrogens is 1. The Morgan fingerprint density at radius 3 is 2.79 bits per heavy atom. The van der Waals surface area contributed by atoms with Crippen LogP contribution in [0.1, 0.15) is 12.7 Å². The summed E-state index contributed by atoms with van der Waals surface area (Å²) < 4.78 is 10.6. The molecule has 0 radical (unpaired) electrons. The fourth-order valence-corrected chi connectivity index (χ4v) is 1.56. The molecule has 0 fully saturated rings. The second-order valence-electron chi connectivity index (χ2n) is 3.89. The van der Waals surface area contributed by atoms with Gasteiger partial charge in [0.15, 0.2) is 5.75 Å². The molecule has 0 amide bonds. The minimum absolute atomic E-state index is 0.220. The fourth-order valence-electron chi connectivity index (χ4n) is 1.56. The molecule has 100 valence electrons. The van der Waals surface area contributed by atoms with Crippen LogP contribution < -0.4 is 20.8 Å². The van der Waals surface area contributed by atoms with E-state index in [-0.39, 0.29) is 11.4 Å². The Hall–Kier alpha value is -2.50. The van der Waals surface area contributed by atoms with Crippen LogP contribution in [0.2, 0.25) is 0 Å². The monoisotopic (exact) mass is 261 g/mol. The van der Waals surface area contributed by atoms with E-state index < -0.39 is 0 Å². The summed E-state index contributed by atoms with van der Waals surface area (Å²) in [4.78, 5) is 18.2. The first-order valence-electron chi connectivity index (χ1n) is 5.84. The smallest absolute Gasteiger partial charge is 0.254 e. The van der Waals surface area contributed by atoms with Crippen molar-refractivity contribution in [2.75, 3.05) is 12.8 Å². The van der Waals surface area contributed by atoms with Crippen molar-refractivity contribution in [2.45, 2.75) is 13.3 Å². The molecule has 1 heterocycles. The lowest BCUT2D eigenvalue weighted by Crippen LogP contribution is -2.10. The van der Waals surface area contributed by atoms with Crippen LogP contribution in [0, 0.1) is 0 Å². The number of nitrogens with two attached hydrogens (primary N) is 1. The zero-order valence-electron chi connectivity index (χ0n) is 10.8. The first kappa shape index (κ1) is 12.9. The molecular formula is C13H15N3O3. The third kappa shape index (κ3) is 3.04. The lowest BCUT2D eigenvalue weighted by atomic mass is 10.3. The summed E-state index contributed by atoms with van der Waals surface area (Å²) in [6.07, 6.45) is 0.616. The maximum Gasteiger partial charge on any atom is 0.254 e. The summed E-state index contributed by atoms with van der Waals surface area (Å²) in [7, 11) is 1.56. The largest absolute Gasteiger partial charge is 0.497 e. The van der Waals surface area contributed by atoms with E-state index in [1.807, 2.05) is 6.92 Å². The van der Waals surface area contributed by atoms with Crippen molar-refractivity contribution in [2.24, 2.45) is 0 Å². The van der Waals surface area contributed by atoms with Crippen molar-refractivity contribution in [3.05, 3.63) is 40.4 Å². The zero-order chi connectivity index (χ0) is 13.8. The normalized spacial score (nSPS) is 10.2. The van der Waals surface area contributed by atoms with Crippen molar-refractivity contribution < 1.29 is 9.47 Å². The summed E-state index contributed by atoms with van der Waals surface area (Å²) in [5.41, 5.74) is 6.00. The topological polar surface area (TPSA) is 90.2 Å². The molecule has 3 N–H and O–H groups in total. The van der Waals surface area contributed by atoms with Crippen LogP contribution in [0.25, 0.3) is 0 Å². The number of hydrogen-bond donors (Lipinski definition) is 2. The summed E-state index contributed by atoms with van der Waals surface area (Å²) in [5.74, 6) is 1.85. The number of rotatable bonds is 4. The average molecular weight is 261 g/mol. The van der Waals surface area contributed by atoms with Gasteiger partial charge in [0.25, 0.3) is 5.56 Å². The lowest BCUT2D eigenvalue weighted by Gasteiger charge is -2.09. The minimum Gasteiger partial charge on any atom is -0.497 e. The molecule has 2 aromatic rings. The third-order valence-electron chi connectivity index (χ3n) is 2.53. The second kappa shape index (κ2) is 5.43. The average Bonchev–Trinajstić information content (AvgIpc) is 2.40. The highest BCUT2D eigenvalue weighted by Crippen LogP contribution is 2.29. The van der Waals surface area contributed by atoms with E-state index in [1.54, 1.807) is 25.3 Å². The molecule has 19 heavy (non-hydrogen) atoms. The third-order valence-corrected chi connectivity index (χ3v) is 2.53. The molecule has 0 saturated carbocycles. The molecule has 2 rings (SSSR count). The molecule has 0 atom stereocenters. The van der Waals surface area contributed by atoms with Crippen LogP contribution in [-0.4, -0.2) is 17.1 Å². The van der Waals surface area contributed by atoms with Crippen molar-refractivity contribution in [1.82, 2.24) is 9.97 Å². The summed E-state index contributed by atoms with van der Waals surface area (Å²) in [5, 5.41) is 0. The number of benzene rings is 1. The van der Waals surface area contributed by atoms with Crippen LogP contribution in [0.4, 0.5) is 5.69 Å². The van der Waals surface area contributed by atoms with E-state index in [0.29, 0.717) is 29.4 Å². The molecule has 0 saturated heterocycles. The molecule has 6 heteroatoms. The molecule has 0 aliphatic heterocycles. The number of nitrogens with zero attached hydrogens (tertiary/aromatic N) is 1. The van der Waals surface area contributed by atoms with Crippen molar-refractivity contribution >= 4 is 5.69 Å². The van der Waals surface area contributed by atoms with Gasteiger partial charge in [-0.3, -0.25) is 4.79 Å². The minimum atomic E-state index is -0.256. The summed E-state index contributed by atoms with van der Waals surface area (Å²) in [6.45, 7) is 1.89. The number of aryl methyl sites for hydroxylation is 1. The first-order chi connectivity index (χ1) is 9.12. The predicted octanol–water partition coefficient (Wildman–Crippen LogP) is 1.72. The van der Waals surface area contributed by atoms with Gasteiger partial charge in [-0.05, 0) is 12.1 Å². The summed E-state index contributed by atoms with van der Waals surface area (Å²) in [6, 6.07) is 6.31. The van der Waals surface area contributed by atoms with Gasteiger partial charge >= 0.3 is 0 Å². The van der Waals surface area contributed by atoms with Gasteiger partial charge < -0.3 is 20.2 Å². The first-order valence-corrected chi connectivity index (χ1v) is 5.84. The Bertz CT molecular complexity index is 637. The molecule has 0 bridgehead atoms. The van der Waals surface area contributed by atoms with E-state index in [0.717, 1.165) is 0 Å². The van der Waals surface area contributed by atoms with Crippen LogP contribution in [0.3, 0.4) is 0 Å². The molecule has 1 aromatic carbocycles. The highest BCUT2D eigenvalue weighted by molar-refractivity contribution is 5.57. The molecular weight excluding hydrogens is 246 g/mol. The highest BCUT2D eigenvalue weighted by atomic mass is 16.5. The van der Waals surface area contributed by atoms with Crippen LogP contribution in [0.15, 0.2) is 29.1 Å². The van der Waals surface area contributed by atoms with Gasteiger partial charge in [0.1, 0.15) is 11.6 Å². The van der Waals surface area contributed by atoms with Crippen LogP contribution in [0.5, 0.6) is 17.4 Å². The van der Waals surface area contributed by atoms with Crippen molar-refractivity contribution in [3.8, 4) is 17.4 Å². The quantitative estimate of drug-likeness (QED) is 0.818. The zero-order valence-corrected chi connectivity index (χ0v) is 10.8. The van der Waals surface area contributed by atoms with Gasteiger partial charge in [0.2, 0.25) is 5.88 Å². The molecule has 6 nitrogen and oxygen atoms in total. The SMILES string of the molecule is CCc1nc(Oc2ccc(OC)cc2N)cc(=O)[nH]1. The number of aromatic nitrogens is 2. The standard InChI is InChI=1S/C13H15N3O3/c1-3-11-15-12(17)7-13(16-11)19-10-5-4-8(18-2)6-9(10)14/h4-7H,3,14H2,1-2H3,(H,15,16,17). The number of nitrogen functional groups attached to an aromatic ring is 1. The molecule has 0 unspecified atom stereocenters. The number of hydrogen-bond acceptors (Lipinski definition) is 5. The Morgan fingerprint density at radius 1 is 1.37 bits per heavy atom. The number of ether oxygens (including phenoxy) is 2. The van der Waals surface area contributed by atoms with E-state index >= 15 is 0 Å². The van der Waals surface area contributed by atoms with Crippen molar-refractivity contribution in [1.29, 1.82) is 0 Å². The Balaban J connectivity index is 2.30. The van der Waals surface area contributed by atoms with Gasteiger partial charge in [-0.25, -0.2) is 0 Å². The lowest BCUT2D eigenvalue weighted by molar-refractivity contribution is 0.412. The molecule has 0 aliphatic carbocycles. The van der Waals surface area contributed by atoms with E-state index in [4.69, 9.17) is 15.2 Å². The predicted molar refractivity (Wildman–Crippen MR) is 71.7 cm³/mol. The van der Waals surface area contributed by atoms with Gasteiger partial charge in [-0.1, -0.05) is 6.92 Å². The summed E-state index contributed by atoms with van der Waals surface area (Å²) >= 11 is 0. The molecule has 0 aliphatic rings. The number of methoxy groups -OCH3 is 1. The maximum absolute atomic E-state index is 11.4. The maximum atomic E-state index is 11.4. The molecule has 1 aromatic heterocycles. The number of nitrogens with one attached hydrogen (secondary N) is 1. The fraction of sp³-hybridized carbons (Fsp3) is 0.231. The van der Waals surface area contributed by atoms with E-state index in [1.165, 1.54) is 6.07 Å². The number of aromatic amines is 1. The highest BCUT2D eigenvalue weighted by Gasteiger charge is 2.06. The molecule has 0 spiro atoms. The Labute approximate surface area is 110 Å².